The predicted molar refractivity (Wildman–Crippen MR) is 129 cm³/mol. The molecule has 0 radical (unpaired) electrons. The number of guanidine groups is 1. The van der Waals surface area contributed by atoms with E-state index in [4.69, 9.17) is 17.2 Å². The molecule has 1 aliphatic heterocycles. The van der Waals surface area contributed by atoms with Crippen LogP contribution in [0.3, 0.4) is 0 Å². The molecule has 0 aliphatic carbocycles. The van der Waals surface area contributed by atoms with Gasteiger partial charge in [-0.1, -0.05) is 12.1 Å². The van der Waals surface area contributed by atoms with Gasteiger partial charge in [0.05, 0.1) is 6.54 Å². The number of phenols is 1. The van der Waals surface area contributed by atoms with Crippen LogP contribution in [-0.2, 0) is 30.4 Å². The molecule has 14 nitrogen and oxygen atoms in total. The molecular formula is C22H32N8O6. The van der Waals surface area contributed by atoms with Crippen LogP contribution in [0.2, 0.25) is 0 Å². The highest BCUT2D eigenvalue weighted by atomic mass is 16.3. The van der Waals surface area contributed by atoms with Crippen molar-refractivity contribution >= 4 is 35.5 Å². The van der Waals surface area contributed by atoms with Crippen molar-refractivity contribution in [1.29, 1.82) is 0 Å². The molecule has 3 atom stereocenters. The molecular weight excluding hydrogens is 472 g/mol. The number of primary amides is 1. The van der Waals surface area contributed by atoms with E-state index in [1.165, 1.54) is 12.1 Å². The van der Waals surface area contributed by atoms with Crippen LogP contribution in [0, 0.1) is 0 Å². The average molecular weight is 505 g/mol. The highest BCUT2D eigenvalue weighted by Crippen LogP contribution is 2.12. The van der Waals surface area contributed by atoms with Crippen molar-refractivity contribution in [3.05, 3.63) is 29.8 Å². The van der Waals surface area contributed by atoms with Crippen LogP contribution < -0.4 is 38.5 Å². The van der Waals surface area contributed by atoms with Crippen molar-refractivity contribution < 1.29 is 29.1 Å². The molecule has 0 saturated carbocycles. The van der Waals surface area contributed by atoms with Gasteiger partial charge in [0.1, 0.15) is 23.9 Å². The Bertz CT molecular complexity index is 993. The Hall–Kier alpha value is -4.36. The minimum absolute atomic E-state index is 0.0245. The predicted octanol–water partition coefficient (Wildman–Crippen LogP) is -3.16. The van der Waals surface area contributed by atoms with Gasteiger partial charge in [0.25, 0.3) is 0 Å². The first kappa shape index (κ1) is 27.9. The summed E-state index contributed by atoms with van der Waals surface area (Å²) in [5, 5.41) is 19.7. The monoisotopic (exact) mass is 504 g/mol. The fourth-order valence-electron chi connectivity index (χ4n) is 3.49. The van der Waals surface area contributed by atoms with E-state index in [1.807, 2.05) is 0 Å². The first-order chi connectivity index (χ1) is 17.0. The van der Waals surface area contributed by atoms with E-state index >= 15 is 0 Å². The number of carbonyl (C=O) groups is 5. The maximum absolute atomic E-state index is 13.2. The first-order valence-corrected chi connectivity index (χ1v) is 11.3. The Morgan fingerprint density at radius 3 is 2.14 bits per heavy atom. The van der Waals surface area contributed by atoms with Crippen LogP contribution in [0.25, 0.3) is 0 Å². The van der Waals surface area contributed by atoms with Crippen LogP contribution in [0.1, 0.15) is 31.2 Å². The van der Waals surface area contributed by atoms with Gasteiger partial charge >= 0.3 is 0 Å². The molecule has 0 unspecified atom stereocenters. The molecule has 1 fully saturated rings. The normalized spacial score (nSPS) is 21.1. The van der Waals surface area contributed by atoms with Gasteiger partial charge in [0.2, 0.25) is 29.5 Å². The Kier molecular flexibility index (Phi) is 10.5. The summed E-state index contributed by atoms with van der Waals surface area (Å²) >= 11 is 0. The molecule has 36 heavy (non-hydrogen) atoms. The number of benzene rings is 1. The molecule has 1 aliphatic rings. The fraction of sp³-hybridized carbons (Fsp3) is 0.455. The van der Waals surface area contributed by atoms with Gasteiger partial charge in [-0.05, 0) is 37.0 Å². The van der Waals surface area contributed by atoms with Crippen LogP contribution in [0.15, 0.2) is 29.3 Å². The van der Waals surface area contributed by atoms with E-state index in [0.717, 1.165) is 0 Å². The number of hydrogen-bond donors (Lipinski definition) is 8. The molecule has 0 spiro atoms. The number of aliphatic imine (C=N–C) groups is 1. The summed E-state index contributed by atoms with van der Waals surface area (Å²) < 4.78 is 0. The molecule has 1 heterocycles. The lowest BCUT2D eigenvalue weighted by Gasteiger charge is -2.27. The maximum Gasteiger partial charge on any atom is 0.243 e. The Balaban J connectivity index is 2.29. The molecule has 5 amide bonds. The summed E-state index contributed by atoms with van der Waals surface area (Å²) in [6, 6.07) is 2.70. The minimum Gasteiger partial charge on any atom is -0.508 e. The van der Waals surface area contributed by atoms with E-state index in [9.17, 15) is 29.1 Å². The fourth-order valence-corrected chi connectivity index (χ4v) is 3.49. The van der Waals surface area contributed by atoms with E-state index in [1.54, 1.807) is 12.1 Å². The van der Waals surface area contributed by atoms with E-state index in [0.29, 0.717) is 12.0 Å². The van der Waals surface area contributed by atoms with Gasteiger partial charge in [0, 0.05) is 19.4 Å². The van der Waals surface area contributed by atoms with Crippen molar-refractivity contribution in [2.24, 2.45) is 22.2 Å². The zero-order valence-corrected chi connectivity index (χ0v) is 19.7. The number of amides is 5. The van der Waals surface area contributed by atoms with Crippen LogP contribution in [-0.4, -0.2) is 71.8 Å². The molecule has 0 aromatic heterocycles. The van der Waals surface area contributed by atoms with Crippen molar-refractivity contribution in [3.8, 4) is 5.75 Å². The van der Waals surface area contributed by atoms with Gasteiger partial charge in [-0.15, -0.1) is 0 Å². The number of phenolic OH excluding ortho intramolecular Hbond substituents is 1. The lowest BCUT2D eigenvalue weighted by atomic mass is 10.0. The zero-order valence-electron chi connectivity index (χ0n) is 19.7. The van der Waals surface area contributed by atoms with E-state index in [2.05, 4.69) is 26.3 Å². The Labute approximate surface area is 207 Å². The van der Waals surface area contributed by atoms with Crippen molar-refractivity contribution in [2.45, 2.75) is 50.2 Å². The van der Waals surface area contributed by atoms with Crippen molar-refractivity contribution in [3.63, 3.8) is 0 Å². The number of nitrogens with zero attached hydrogens (tertiary/aromatic N) is 1. The van der Waals surface area contributed by atoms with Gasteiger partial charge in [-0.2, -0.15) is 0 Å². The van der Waals surface area contributed by atoms with Crippen molar-refractivity contribution in [2.75, 3.05) is 13.1 Å². The largest absolute Gasteiger partial charge is 0.508 e. The molecule has 14 heteroatoms. The molecule has 196 valence electrons. The average Bonchev–Trinajstić information content (AvgIpc) is 2.81. The van der Waals surface area contributed by atoms with Crippen LogP contribution in [0.4, 0.5) is 0 Å². The van der Waals surface area contributed by atoms with Crippen molar-refractivity contribution in [1.82, 2.24) is 21.3 Å². The van der Waals surface area contributed by atoms with Gasteiger partial charge in [-0.25, -0.2) is 0 Å². The highest BCUT2D eigenvalue weighted by Gasteiger charge is 2.31. The van der Waals surface area contributed by atoms with Gasteiger partial charge in [0.15, 0.2) is 5.96 Å². The van der Waals surface area contributed by atoms with Gasteiger partial charge < -0.3 is 43.6 Å². The van der Waals surface area contributed by atoms with Crippen LogP contribution in [0.5, 0.6) is 5.75 Å². The van der Waals surface area contributed by atoms with E-state index < -0.39 is 54.2 Å². The summed E-state index contributed by atoms with van der Waals surface area (Å²) in [5.41, 5.74) is 16.4. The maximum atomic E-state index is 13.2. The summed E-state index contributed by atoms with van der Waals surface area (Å²) in [7, 11) is 0. The SMILES string of the molecule is NC(=O)CC[C@H]1NC(=O)CNC(=O)[C@@H](CCCN=C(N)N)NC(=O)[C@H](Cc2ccc(O)cc2)NC1=O. The molecule has 11 N–H and O–H groups in total. The number of aromatic hydroxyl groups is 1. The molecule has 1 aromatic rings. The lowest BCUT2D eigenvalue weighted by molar-refractivity contribution is -0.135. The number of nitrogens with one attached hydrogen (secondary N) is 4. The molecule has 1 saturated heterocycles. The Morgan fingerprint density at radius 2 is 1.50 bits per heavy atom. The molecule has 0 bridgehead atoms. The smallest absolute Gasteiger partial charge is 0.243 e. The lowest BCUT2D eigenvalue weighted by Crippen LogP contribution is -2.59. The summed E-state index contributed by atoms with van der Waals surface area (Å²) in [4.78, 5) is 66.4. The third-order valence-corrected chi connectivity index (χ3v) is 5.34. The quantitative estimate of drug-likeness (QED) is 0.0966. The number of nitrogens with two attached hydrogens (primary N) is 3. The Morgan fingerprint density at radius 1 is 0.889 bits per heavy atom. The summed E-state index contributed by atoms with van der Waals surface area (Å²) in [6.07, 6.45) is 0.264. The second-order valence-electron chi connectivity index (χ2n) is 8.28. The third-order valence-electron chi connectivity index (χ3n) is 5.34. The topological polar surface area (TPSA) is 244 Å². The van der Waals surface area contributed by atoms with Crippen LogP contribution >= 0.6 is 0 Å². The number of rotatable bonds is 9. The highest BCUT2D eigenvalue weighted by molar-refractivity contribution is 5.96. The van der Waals surface area contributed by atoms with Gasteiger partial charge in [-0.3, -0.25) is 29.0 Å². The summed E-state index contributed by atoms with van der Waals surface area (Å²) in [5.74, 6) is -3.35. The second kappa shape index (κ2) is 13.5. The number of hydrogen-bond acceptors (Lipinski definition) is 7. The molecule has 2 rings (SSSR count). The second-order valence-corrected chi connectivity index (χ2v) is 8.28. The third kappa shape index (κ3) is 9.48. The van der Waals surface area contributed by atoms with E-state index in [-0.39, 0.29) is 43.9 Å². The zero-order chi connectivity index (χ0) is 26.7. The minimum atomic E-state index is -1.16. The molecule has 1 aromatic carbocycles. The standard InChI is InChI=1S/C22H32N8O6/c23-17(32)8-7-15-20(35)30-16(10-12-3-5-13(31)6-4-12)21(36)29-14(2-1-9-26-22(24)25)19(34)27-11-18(33)28-15/h3-6,14-16,31H,1-2,7-11H2,(H2,23,32)(H,27,34)(H,28,33)(H,29,36)(H,30,35)(H4,24,25,26)/t14-,15-,16+/m1/s1. The summed E-state index contributed by atoms with van der Waals surface area (Å²) in [6.45, 7) is -0.228. The first-order valence-electron chi connectivity index (χ1n) is 11.3. The number of carbonyl (C=O) groups excluding carboxylic acids is 5.